The van der Waals surface area contributed by atoms with Gasteiger partial charge in [0.25, 0.3) is 5.91 Å². The molecule has 2 aliphatic rings. The molecule has 5 nitrogen and oxygen atoms in total. The van der Waals surface area contributed by atoms with Crippen molar-refractivity contribution < 1.29 is 9.21 Å². The molecule has 1 atom stereocenters. The van der Waals surface area contributed by atoms with Crippen LogP contribution >= 0.6 is 0 Å². The van der Waals surface area contributed by atoms with E-state index in [1.54, 1.807) is 12.5 Å². The van der Waals surface area contributed by atoms with Gasteiger partial charge in [-0.2, -0.15) is 0 Å². The number of carbonyl (C=O) groups is 1. The average Bonchev–Trinajstić information content (AvgIpc) is 3.27. The Hall–Kier alpha value is -2.30. The Morgan fingerprint density at radius 1 is 1.26 bits per heavy atom. The molecule has 0 aromatic carbocycles. The number of fused-ring (bicyclic) bond motifs is 1. The van der Waals surface area contributed by atoms with Gasteiger partial charge in [0.2, 0.25) is 0 Å². The SMILES string of the molecule is O=C(N[C@@H]1CCCc2occc21)c1cccnc1N1CCCC1. The number of pyridine rings is 1. The van der Waals surface area contributed by atoms with Crippen LogP contribution in [-0.2, 0) is 6.42 Å². The second kappa shape index (κ2) is 6.07. The van der Waals surface area contributed by atoms with Gasteiger partial charge in [-0.25, -0.2) is 4.98 Å². The lowest BCUT2D eigenvalue weighted by Gasteiger charge is -2.24. The minimum Gasteiger partial charge on any atom is -0.469 e. The van der Waals surface area contributed by atoms with Crippen LogP contribution in [0.3, 0.4) is 0 Å². The van der Waals surface area contributed by atoms with Crippen molar-refractivity contribution >= 4 is 11.7 Å². The normalized spacial score (nSPS) is 20.3. The first-order valence-electron chi connectivity index (χ1n) is 8.40. The summed E-state index contributed by atoms with van der Waals surface area (Å²) in [6.07, 6.45) is 8.76. The number of furan rings is 1. The number of anilines is 1. The molecule has 1 aliphatic carbocycles. The fourth-order valence-corrected chi connectivity index (χ4v) is 3.63. The molecule has 0 unspecified atom stereocenters. The van der Waals surface area contributed by atoms with Gasteiger partial charge in [-0.1, -0.05) is 0 Å². The second-order valence-corrected chi connectivity index (χ2v) is 6.29. The van der Waals surface area contributed by atoms with Crippen molar-refractivity contribution in [3.8, 4) is 0 Å². The molecule has 1 saturated heterocycles. The summed E-state index contributed by atoms with van der Waals surface area (Å²) in [5.41, 5.74) is 1.79. The Kier molecular flexibility index (Phi) is 3.77. The third-order valence-electron chi connectivity index (χ3n) is 4.79. The Bertz CT molecular complexity index is 704. The number of amides is 1. The molecular formula is C18H21N3O2. The van der Waals surface area contributed by atoms with Gasteiger partial charge in [-0.05, 0) is 43.9 Å². The van der Waals surface area contributed by atoms with Gasteiger partial charge in [-0.3, -0.25) is 4.79 Å². The maximum Gasteiger partial charge on any atom is 0.255 e. The van der Waals surface area contributed by atoms with Crippen LogP contribution in [0.15, 0.2) is 35.1 Å². The molecular weight excluding hydrogens is 290 g/mol. The molecule has 1 N–H and O–H groups in total. The minimum absolute atomic E-state index is 0.0386. The predicted molar refractivity (Wildman–Crippen MR) is 87.5 cm³/mol. The van der Waals surface area contributed by atoms with Crippen LogP contribution in [0, 0.1) is 0 Å². The summed E-state index contributed by atoms with van der Waals surface area (Å²) in [6, 6.07) is 5.72. The van der Waals surface area contributed by atoms with E-state index in [1.165, 1.54) is 12.8 Å². The van der Waals surface area contributed by atoms with Crippen LogP contribution in [0.25, 0.3) is 0 Å². The Balaban J connectivity index is 1.57. The average molecular weight is 311 g/mol. The lowest BCUT2D eigenvalue weighted by Crippen LogP contribution is -2.32. The van der Waals surface area contributed by atoms with Gasteiger partial charge >= 0.3 is 0 Å². The number of nitrogens with one attached hydrogen (secondary N) is 1. The molecule has 5 heteroatoms. The summed E-state index contributed by atoms with van der Waals surface area (Å²) in [5, 5.41) is 3.18. The second-order valence-electron chi connectivity index (χ2n) is 6.29. The number of hydrogen-bond acceptors (Lipinski definition) is 4. The number of nitrogens with zero attached hydrogens (tertiary/aromatic N) is 2. The molecule has 2 aromatic heterocycles. The van der Waals surface area contributed by atoms with E-state index in [2.05, 4.69) is 15.2 Å². The molecule has 1 fully saturated rings. The van der Waals surface area contributed by atoms with Gasteiger partial charge in [0.05, 0.1) is 17.9 Å². The number of aromatic nitrogens is 1. The van der Waals surface area contributed by atoms with Crippen LogP contribution in [0.4, 0.5) is 5.82 Å². The van der Waals surface area contributed by atoms with Crippen LogP contribution in [0.5, 0.6) is 0 Å². The van der Waals surface area contributed by atoms with E-state index >= 15 is 0 Å². The summed E-state index contributed by atoms with van der Waals surface area (Å²) in [6.45, 7) is 1.96. The molecule has 1 aliphatic heterocycles. The lowest BCUT2D eigenvalue weighted by molar-refractivity contribution is 0.0932. The van der Waals surface area contributed by atoms with E-state index < -0.39 is 0 Å². The zero-order valence-corrected chi connectivity index (χ0v) is 13.1. The minimum atomic E-state index is -0.0425. The van der Waals surface area contributed by atoms with Crippen molar-refractivity contribution in [2.24, 2.45) is 0 Å². The Labute approximate surface area is 135 Å². The summed E-state index contributed by atoms with van der Waals surface area (Å²) >= 11 is 0. The van der Waals surface area contributed by atoms with E-state index in [4.69, 9.17) is 4.42 Å². The third kappa shape index (κ3) is 2.71. The summed E-state index contributed by atoms with van der Waals surface area (Å²) < 4.78 is 5.51. The van der Waals surface area contributed by atoms with Gasteiger partial charge < -0.3 is 14.6 Å². The van der Waals surface area contributed by atoms with Crippen LogP contribution in [-0.4, -0.2) is 24.0 Å². The number of rotatable bonds is 3. The number of carbonyl (C=O) groups excluding carboxylic acids is 1. The fraction of sp³-hybridized carbons (Fsp3) is 0.444. The van der Waals surface area contributed by atoms with E-state index in [0.29, 0.717) is 5.56 Å². The maximum atomic E-state index is 12.8. The highest BCUT2D eigenvalue weighted by molar-refractivity contribution is 5.99. The topological polar surface area (TPSA) is 58.4 Å². The van der Waals surface area contributed by atoms with Crippen molar-refractivity contribution in [3.05, 3.63) is 47.5 Å². The highest BCUT2D eigenvalue weighted by Gasteiger charge is 2.26. The molecule has 3 heterocycles. The standard InChI is InChI=1S/C18H21N3O2/c22-18(20-15-6-3-7-16-13(15)8-12-23-16)14-5-4-9-19-17(14)21-10-1-2-11-21/h4-5,8-9,12,15H,1-3,6-7,10-11H2,(H,20,22)/t15-/m1/s1. The lowest BCUT2D eigenvalue weighted by atomic mass is 9.93. The zero-order chi connectivity index (χ0) is 15.6. The molecule has 23 heavy (non-hydrogen) atoms. The van der Waals surface area contributed by atoms with Gasteiger partial charge in [-0.15, -0.1) is 0 Å². The number of hydrogen-bond donors (Lipinski definition) is 1. The van der Waals surface area contributed by atoms with Crippen LogP contribution in [0.2, 0.25) is 0 Å². The van der Waals surface area contributed by atoms with Gasteiger partial charge in [0, 0.05) is 31.3 Å². The monoisotopic (exact) mass is 311 g/mol. The quantitative estimate of drug-likeness (QED) is 0.946. The molecule has 0 radical (unpaired) electrons. The molecule has 0 bridgehead atoms. The molecule has 2 aromatic rings. The van der Waals surface area contributed by atoms with Crippen LogP contribution in [0.1, 0.15) is 53.4 Å². The van der Waals surface area contributed by atoms with Gasteiger partial charge in [0.15, 0.2) is 0 Å². The van der Waals surface area contributed by atoms with Crippen molar-refractivity contribution in [2.45, 2.75) is 38.1 Å². The van der Waals surface area contributed by atoms with Crippen molar-refractivity contribution in [2.75, 3.05) is 18.0 Å². The fourth-order valence-electron chi connectivity index (χ4n) is 3.63. The smallest absolute Gasteiger partial charge is 0.255 e. The third-order valence-corrected chi connectivity index (χ3v) is 4.79. The summed E-state index contributed by atoms with van der Waals surface area (Å²) in [5.74, 6) is 1.78. The first-order valence-corrected chi connectivity index (χ1v) is 8.40. The van der Waals surface area contributed by atoms with Crippen LogP contribution < -0.4 is 10.2 Å². The maximum absolute atomic E-state index is 12.8. The first-order chi connectivity index (χ1) is 11.3. The van der Waals surface area contributed by atoms with Gasteiger partial charge in [0.1, 0.15) is 11.6 Å². The van der Waals surface area contributed by atoms with E-state index in [1.807, 2.05) is 18.2 Å². The van der Waals surface area contributed by atoms with Crippen molar-refractivity contribution in [1.29, 1.82) is 0 Å². The highest BCUT2D eigenvalue weighted by Crippen LogP contribution is 2.31. The molecule has 0 spiro atoms. The summed E-state index contributed by atoms with van der Waals surface area (Å²) in [4.78, 5) is 19.5. The van der Waals surface area contributed by atoms with Crippen molar-refractivity contribution in [3.63, 3.8) is 0 Å². The molecule has 0 saturated carbocycles. The van der Waals surface area contributed by atoms with Crippen molar-refractivity contribution in [1.82, 2.24) is 10.3 Å². The zero-order valence-electron chi connectivity index (χ0n) is 13.1. The Morgan fingerprint density at radius 2 is 2.13 bits per heavy atom. The van der Waals surface area contributed by atoms with E-state index in [9.17, 15) is 4.79 Å². The molecule has 1 amide bonds. The van der Waals surface area contributed by atoms with E-state index in [0.717, 1.165) is 49.5 Å². The predicted octanol–water partition coefficient (Wildman–Crippen LogP) is 3.08. The largest absolute Gasteiger partial charge is 0.469 e. The number of aryl methyl sites for hydroxylation is 1. The molecule has 4 rings (SSSR count). The summed E-state index contributed by atoms with van der Waals surface area (Å²) in [7, 11) is 0. The van der Waals surface area contributed by atoms with E-state index in [-0.39, 0.29) is 11.9 Å². The highest BCUT2D eigenvalue weighted by atomic mass is 16.3. The first kappa shape index (κ1) is 14.3. The Morgan fingerprint density at radius 3 is 3.00 bits per heavy atom. The molecule has 120 valence electrons.